The minimum Gasteiger partial charge on any atom is -0.361 e. The summed E-state index contributed by atoms with van der Waals surface area (Å²) in [5.74, 6) is 1.07. The summed E-state index contributed by atoms with van der Waals surface area (Å²) in [5, 5.41) is 4.05. The van der Waals surface area contributed by atoms with Crippen LogP contribution in [0.2, 0.25) is 0 Å². The molecule has 0 saturated heterocycles. The first kappa shape index (κ1) is 12.5. The van der Waals surface area contributed by atoms with Gasteiger partial charge in [0, 0.05) is 17.1 Å². The molecule has 0 amide bonds. The summed E-state index contributed by atoms with van der Waals surface area (Å²) >= 11 is 0. The molecule has 1 aromatic heterocycles. The summed E-state index contributed by atoms with van der Waals surface area (Å²) in [6.45, 7) is 0.956. The van der Waals surface area contributed by atoms with Crippen LogP contribution in [0.3, 0.4) is 0 Å². The fraction of sp³-hybridized carbons (Fsp3) is 0.429. The molecular weight excluding hydrogens is 253 g/mol. The van der Waals surface area contributed by atoms with Gasteiger partial charge in [0.2, 0.25) is 0 Å². The zero-order valence-corrected chi connectivity index (χ0v) is 10.5. The fourth-order valence-electron chi connectivity index (χ4n) is 2.75. The number of alkyl halides is 3. The van der Waals surface area contributed by atoms with Crippen LogP contribution in [0.25, 0.3) is 10.9 Å². The highest BCUT2D eigenvalue weighted by atomic mass is 19.4. The smallest absolute Gasteiger partial charge is 0.361 e. The lowest BCUT2D eigenvalue weighted by Crippen LogP contribution is -2.10. The van der Waals surface area contributed by atoms with Gasteiger partial charge in [-0.1, -0.05) is 6.07 Å². The quantitative estimate of drug-likeness (QED) is 0.876. The van der Waals surface area contributed by atoms with Crippen LogP contribution < -0.4 is 5.32 Å². The second kappa shape index (κ2) is 4.27. The van der Waals surface area contributed by atoms with Crippen molar-refractivity contribution in [2.45, 2.75) is 18.5 Å². The summed E-state index contributed by atoms with van der Waals surface area (Å²) in [6.07, 6.45) is -1.33. The molecule has 3 rings (SSSR count). The second-order valence-electron chi connectivity index (χ2n) is 5.16. The lowest BCUT2D eigenvalue weighted by atomic mass is 10.1. The van der Waals surface area contributed by atoms with Gasteiger partial charge in [-0.15, -0.1) is 0 Å². The molecule has 0 bridgehead atoms. The van der Waals surface area contributed by atoms with Crippen molar-refractivity contribution in [3.63, 3.8) is 0 Å². The predicted octanol–water partition coefficient (Wildman–Crippen LogP) is 3.51. The van der Waals surface area contributed by atoms with E-state index in [0.717, 1.165) is 30.0 Å². The molecule has 2 atom stereocenters. The Bertz CT molecular complexity index is 600. The number of aromatic nitrogens is 1. The highest BCUT2D eigenvalue weighted by molar-refractivity contribution is 5.85. The average molecular weight is 268 g/mol. The Kier molecular flexibility index (Phi) is 2.82. The Morgan fingerprint density at radius 3 is 2.84 bits per heavy atom. The van der Waals surface area contributed by atoms with Crippen molar-refractivity contribution >= 4 is 10.9 Å². The second-order valence-corrected chi connectivity index (χ2v) is 5.16. The number of nitrogens with one attached hydrogen (secondary N) is 2. The minimum atomic E-state index is -4.28. The molecule has 1 aliphatic rings. The maximum atomic E-state index is 12.6. The molecule has 102 valence electrons. The number of hydrogen-bond acceptors (Lipinski definition) is 1. The molecule has 2 N–H and O–H groups in total. The first-order valence-electron chi connectivity index (χ1n) is 6.33. The zero-order valence-electron chi connectivity index (χ0n) is 10.5. The fourth-order valence-corrected chi connectivity index (χ4v) is 2.75. The summed E-state index contributed by atoms with van der Waals surface area (Å²) in [5.41, 5.74) is 1.11. The van der Waals surface area contributed by atoms with Crippen molar-refractivity contribution in [2.24, 2.45) is 5.92 Å². The molecule has 0 radical (unpaired) electrons. The summed E-state index contributed by atoms with van der Waals surface area (Å²) in [7, 11) is 1.92. The zero-order chi connectivity index (χ0) is 13.6. The molecule has 2 nitrogen and oxygen atoms in total. The summed E-state index contributed by atoms with van der Waals surface area (Å²) < 4.78 is 37.9. The van der Waals surface area contributed by atoms with E-state index in [1.165, 1.54) is 6.07 Å². The third-order valence-corrected chi connectivity index (χ3v) is 3.83. The van der Waals surface area contributed by atoms with Gasteiger partial charge in [0.15, 0.2) is 0 Å². The average Bonchev–Trinajstić information content (AvgIpc) is 2.98. The van der Waals surface area contributed by atoms with E-state index in [1.807, 2.05) is 13.2 Å². The highest BCUT2D eigenvalue weighted by Crippen LogP contribution is 2.49. The van der Waals surface area contributed by atoms with Gasteiger partial charge in [0.1, 0.15) is 0 Å². The van der Waals surface area contributed by atoms with Gasteiger partial charge in [0.05, 0.1) is 5.56 Å². The lowest BCUT2D eigenvalue weighted by molar-refractivity contribution is -0.137. The van der Waals surface area contributed by atoms with Crippen LogP contribution >= 0.6 is 0 Å². The Hall–Kier alpha value is -1.49. The van der Waals surface area contributed by atoms with Crippen molar-refractivity contribution in [2.75, 3.05) is 13.6 Å². The van der Waals surface area contributed by atoms with E-state index in [9.17, 15) is 13.2 Å². The molecule has 5 heteroatoms. The SMILES string of the molecule is CNCC1CC1c1c[nH]c2cc(C(F)(F)F)ccc12. The van der Waals surface area contributed by atoms with Crippen molar-refractivity contribution in [3.05, 3.63) is 35.5 Å². The monoisotopic (exact) mass is 268 g/mol. The molecule has 0 aliphatic heterocycles. The van der Waals surface area contributed by atoms with E-state index in [1.54, 1.807) is 6.07 Å². The van der Waals surface area contributed by atoms with Gasteiger partial charge in [0.25, 0.3) is 0 Å². The van der Waals surface area contributed by atoms with E-state index in [2.05, 4.69) is 10.3 Å². The maximum Gasteiger partial charge on any atom is 0.416 e. The third-order valence-electron chi connectivity index (χ3n) is 3.83. The molecule has 1 aliphatic carbocycles. The van der Waals surface area contributed by atoms with Gasteiger partial charge < -0.3 is 10.3 Å². The minimum absolute atomic E-state index is 0.470. The molecule has 19 heavy (non-hydrogen) atoms. The molecule has 1 fully saturated rings. The van der Waals surface area contributed by atoms with Crippen molar-refractivity contribution in [1.82, 2.24) is 10.3 Å². The summed E-state index contributed by atoms with van der Waals surface area (Å²) in [4.78, 5) is 2.96. The Balaban J connectivity index is 1.93. The van der Waals surface area contributed by atoms with Crippen LogP contribution in [0.4, 0.5) is 13.2 Å². The number of fused-ring (bicyclic) bond motifs is 1. The molecule has 2 unspecified atom stereocenters. The standard InChI is InChI=1S/C14H15F3N2/c1-18-6-8-4-11(8)12-7-19-13-5-9(14(15,16)17)2-3-10(12)13/h2-3,5,7-8,11,18-19H,4,6H2,1H3. The Morgan fingerprint density at radius 1 is 1.37 bits per heavy atom. The van der Waals surface area contributed by atoms with Crippen LogP contribution in [0.5, 0.6) is 0 Å². The predicted molar refractivity (Wildman–Crippen MR) is 68.1 cm³/mol. The number of aromatic amines is 1. The normalized spacial score (nSPS) is 22.9. The van der Waals surface area contributed by atoms with E-state index in [0.29, 0.717) is 17.4 Å². The molecule has 0 spiro atoms. The van der Waals surface area contributed by atoms with E-state index < -0.39 is 11.7 Å². The van der Waals surface area contributed by atoms with Crippen LogP contribution in [0, 0.1) is 5.92 Å². The van der Waals surface area contributed by atoms with Crippen LogP contribution in [0.1, 0.15) is 23.5 Å². The van der Waals surface area contributed by atoms with E-state index in [4.69, 9.17) is 0 Å². The number of halogens is 3. The molecule has 1 saturated carbocycles. The third kappa shape index (κ3) is 2.23. The number of benzene rings is 1. The number of hydrogen-bond donors (Lipinski definition) is 2. The van der Waals surface area contributed by atoms with Gasteiger partial charge in [-0.25, -0.2) is 0 Å². The lowest BCUT2D eigenvalue weighted by Gasteiger charge is -2.06. The number of rotatable bonds is 3. The van der Waals surface area contributed by atoms with Gasteiger partial charge >= 0.3 is 6.18 Å². The molecule has 2 aromatic rings. The van der Waals surface area contributed by atoms with Gasteiger partial charge in [-0.2, -0.15) is 13.2 Å². The van der Waals surface area contributed by atoms with Crippen LogP contribution in [0.15, 0.2) is 24.4 Å². The first-order valence-corrected chi connectivity index (χ1v) is 6.33. The number of H-pyrrole nitrogens is 1. The molecule has 1 heterocycles. The van der Waals surface area contributed by atoms with Gasteiger partial charge in [-0.3, -0.25) is 0 Å². The largest absolute Gasteiger partial charge is 0.416 e. The maximum absolute atomic E-state index is 12.6. The Labute approximate surface area is 109 Å². The topological polar surface area (TPSA) is 27.8 Å². The molecule has 1 aromatic carbocycles. The van der Waals surface area contributed by atoms with Crippen LogP contribution in [-0.2, 0) is 6.18 Å². The van der Waals surface area contributed by atoms with Crippen molar-refractivity contribution in [1.29, 1.82) is 0 Å². The van der Waals surface area contributed by atoms with E-state index >= 15 is 0 Å². The van der Waals surface area contributed by atoms with Gasteiger partial charge in [-0.05, 0) is 49.5 Å². The van der Waals surface area contributed by atoms with Crippen molar-refractivity contribution in [3.8, 4) is 0 Å². The molecular formula is C14H15F3N2. The Morgan fingerprint density at radius 2 is 2.16 bits per heavy atom. The highest BCUT2D eigenvalue weighted by Gasteiger charge is 2.39. The van der Waals surface area contributed by atoms with E-state index in [-0.39, 0.29) is 0 Å². The summed E-state index contributed by atoms with van der Waals surface area (Å²) in [6, 6.07) is 3.93. The van der Waals surface area contributed by atoms with Crippen LogP contribution in [-0.4, -0.2) is 18.6 Å². The van der Waals surface area contributed by atoms with Crippen molar-refractivity contribution < 1.29 is 13.2 Å². The first-order chi connectivity index (χ1) is 9.00.